The van der Waals surface area contributed by atoms with Crippen LogP contribution < -0.4 is 4.31 Å². The Labute approximate surface area is 123 Å². The molecule has 18 heavy (non-hydrogen) atoms. The number of alkyl halides is 3. The van der Waals surface area contributed by atoms with Gasteiger partial charge in [-0.2, -0.15) is 0 Å². The Morgan fingerprint density at radius 2 is 1.78 bits per heavy atom. The van der Waals surface area contributed by atoms with Crippen LogP contribution in [-0.2, 0) is 10.0 Å². The highest BCUT2D eigenvalue weighted by atomic mass is 35.5. The molecule has 0 saturated heterocycles. The molecule has 0 fully saturated rings. The molecule has 102 valence electrons. The Morgan fingerprint density at radius 1 is 1.28 bits per heavy atom. The Morgan fingerprint density at radius 3 is 2.17 bits per heavy atom. The average Bonchev–Trinajstić information content (AvgIpc) is 2.29. The van der Waals surface area contributed by atoms with Crippen LogP contribution in [-0.4, -0.2) is 24.0 Å². The van der Waals surface area contributed by atoms with Gasteiger partial charge in [-0.1, -0.05) is 29.8 Å². The summed E-state index contributed by atoms with van der Waals surface area (Å²) in [6.45, 7) is 3.01. The van der Waals surface area contributed by atoms with Crippen molar-refractivity contribution in [3.05, 3.63) is 30.3 Å². The Kier molecular flexibility index (Phi) is 5.18. The molecule has 0 aliphatic carbocycles. The van der Waals surface area contributed by atoms with Crippen LogP contribution in [0.1, 0.15) is 13.8 Å². The molecule has 0 spiro atoms. The predicted octanol–water partition coefficient (Wildman–Crippen LogP) is 3.60. The number of anilines is 1. The number of sulfonamides is 1. The summed E-state index contributed by atoms with van der Waals surface area (Å²) >= 11 is 17.8. The highest BCUT2D eigenvalue weighted by Crippen LogP contribution is 2.37. The third-order valence-corrected chi connectivity index (χ3v) is 5.87. The van der Waals surface area contributed by atoms with Gasteiger partial charge in [-0.3, -0.25) is 0 Å². The van der Waals surface area contributed by atoms with E-state index in [4.69, 9.17) is 34.8 Å². The van der Waals surface area contributed by atoms with Crippen LogP contribution in [0.5, 0.6) is 0 Å². The minimum absolute atomic E-state index is 0.0926. The van der Waals surface area contributed by atoms with Crippen LogP contribution in [0.15, 0.2) is 30.3 Å². The van der Waals surface area contributed by atoms with E-state index < -0.39 is 19.9 Å². The number of hydrogen-bond donors (Lipinski definition) is 0. The van der Waals surface area contributed by atoms with Crippen molar-refractivity contribution in [2.24, 2.45) is 0 Å². The molecule has 0 aliphatic heterocycles. The maximum Gasteiger partial charge on any atom is 0.236 e. The van der Waals surface area contributed by atoms with Gasteiger partial charge in [0.1, 0.15) is 4.84 Å². The third kappa shape index (κ3) is 3.23. The summed E-state index contributed by atoms with van der Waals surface area (Å²) in [5.41, 5.74) is 0.433. The minimum Gasteiger partial charge on any atom is -0.247 e. The summed E-state index contributed by atoms with van der Waals surface area (Å²) in [5, 5.41) is 0. The van der Waals surface area contributed by atoms with Crippen molar-refractivity contribution in [2.45, 2.75) is 23.7 Å². The van der Waals surface area contributed by atoms with E-state index in [9.17, 15) is 8.42 Å². The van der Waals surface area contributed by atoms with E-state index in [0.29, 0.717) is 5.69 Å². The van der Waals surface area contributed by atoms with E-state index in [1.807, 2.05) is 0 Å². The zero-order chi connectivity index (χ0) is 14.0. The topological polar surface area (TPSA) is 37.4 Å². The molecule has 1 atom stereocenters. The van der Waals surface area contributed by atoms with Gasteiger partial charge in [0.25, 0.3) is 0 Å². The van der Waals surface area contributed by atoms with Crippen molar-refractivity contribution in [1.29, 1.82) is 0 Å². The van der Waals surface area contributed by atoms with Gasteiger partial charge in [-0.05, 0) is 26.0 Å². The SMILES string of the molecule is CCS(=O)(=O)N(c1ccccc1)C(C)(Cl)C(Cl)Cl. The highest BCUT2D eigenvalue weighted by molar-refractivity contribution is 7.92. The Hall–Kier alpha value is -0.160. The Balaban J connectivity index is 3.39. The van der Waals surface area contributed by atoms with Crippen LogP contribution in [0.4, 0.5) is 5.69 Å². The summed E-state index contributed by atoms with van der Waals surface area (Å²) in [6.07, 6.45) is 0. The molecule has 3 nitrogen and oxygen atoms in total. The third-order valence-electron chi connectivity index (χ3n) is 2.43. The normalized spacial score (nSPS) is 15.4. The molecule has 0 heterocycles. The quantitative estimate of drug-likeness (QED) is 0.611. The van der Waals surface area contributed by atoms with Crippen molar-refractivity contribution >= 4 is 50.5 Å². The molecule has 1 unspecified atom stereocenters. The fourth-order valence-corrected chi connectivity index (χ4v) is 3.54. The summed E-state index contributed by atoms with van der Waals surface area (Å²) in [6, 6.07) is 8.51. The van der Waals surface area contributed by atoms with Gasteiger partial charge in [0.15, 0.2) is 5.00 Å². The number of rotatable bonds is 5. The first-order valence-electron chi connectivity index (χ1n) is 5.28. The zero-order valence-corrected chi connectivity index (χ0v) is 13.1. The monoisotopic (exact) mass is 329 g/mol. The Bertz CT molecular complexity index is 488. The van der Waals surface area contributed by atoms with E-state index in [0.717, 1.165) is 4.31 Å². The van der Waals surface area contributed by atoms with E-state index in [1.165, 1.54) is 13.8 Å². The lowest BCUT2D eigenvalue weighted by molar-refractivity contribution is 0.575. The van der Waals surface area contributed by atoms with Crippen molar-refractivity contribution < 1.29 is 8.42 Å². The molecule has 1 aromatic rings. The van der Waals surface area contributed by atoms with Crippen molar-refractivity contribution in [3.8, 4) is 0 Å². The van der Waals surface area contributed by atoms with Crippen molar-refractivity contribution in [3.63, 3.8) is 0 Å². The standard InChI is InChI=1S/C11H14Cl3NO2S/c1-3-18(16,17)15(11(2,14)10(12)13)9-7-5-4-6-8-9/h4-8,10H,3H2,1-2H3. The van der Waals surface area contributed by atoms with Crippen LogP contribution in [0.3, 0.4) is 0 Å². The second kappa shape index (κ2) is 5.87. The molecule has 0 amide bonds. The van der Waals surface area contributed by atoms with Gasteiger partial charge in [-0.15, -0.1) is 23.2 Å². The molecular weight excluding hydrogens is 317 g/mol. The maximum absolute atomic E-state index is 12.2. The highest BCUT2D eigenvalue weighted by Gasteiger charge is 2.42. The fourth-order valence-electron chi connectivity index (χ4n) is 1.47. The molecule has 0 radical (unpaired) electrons. The number of benzene rings is 1. The maximum atomic E-state index is 12.2. The minimum atomic E-state index is -3.58. The number of hydrogen-bond acceptors (Lipinski definition) is 2. The van der Waals surface area contributed by atoms with Crippen LogP contribution in [0.2, 0.25) is 0 Å². The summed E-state index contributed by atoms with van der Waals surface area (Å²) in [5.74, 6) is -0.0926. The second-order valence-corrected chi connectivity index (χ2v) is 7.79. The first kappa shape index (κ1) is 15.9. The largest absolute Gasteiger partial charge is 0.247 e. The summed E-state index contributed by atoms with van der Waals surface area (Å²) in [4.78, 5) is -2.51. The van der Waals surface area contributed by atoms with Gasteiger partial charge < -0.3 is 0 Å². The van der Waals surface area contributed by atoms with Gasteiger partial charge in [0, 0.05) is 0 Å². The number of nitrogens with zero attached hydrogens (tertiary/aromatic N) is 1. The predicted molar refractivity (Wildman–Crippen MR) is 78.1 cm³/mol. The van der Waals surface area contributed by atoms with E-state index in [1.54, 1.807) is 30.3 Å². The van der Waals surface area contributed by atoms with Gasteiger partial charge in [-0.25, -0.2) is 12.7 Å². The molecule has 0 saturated carbocycles. The lowest BCUT2D eigenvalue weighted by atomic mass is 10.3. The molecule has 0 bridgehead atoms. The average molecular weight is 331 g/mol. The molecule has 1 rings (SSSR count). The smallest absolute Gasteiger partial charge is 0.236 e. The van der Waals surface area contributed by atoms with E-state index in [-0.39, 0.29) is 5.75 Å². The lowest BCUT2D eigenvalue weighted by Gasteiger charge is -2.37. The number of halogens is 3. The molecule has 1 aromatic carbocycles. The van der Waals surface area contributed by atoms with Crippen molar-refractivity contribution in [2.75, 3.05) is 10.1 Å². The number of para-hydroxylation sites is 1. The lowest BCUT2D eigenvalue weighted by Crippen LogP contribution is -2.50. The van der Waals surface area contributed by atoms with Gasteiger partial charge >= 0.3 is 0 Å². The van der Waals surface area contributed by atoms with Crippen molar-refractivity contribution in [1.82, 2.24) is 0 Å². The molecule has 7 heteroatoms. The van der Waals surface area contributed by atoms with Crippen LogP contribution >= 0.6 is 34.8 Å². The van der Waals surface area contributed by atoms with Crippen LogP contribution in [0.25, 0.3) is 0 Å². The van der Waals surface area contributed by atoms with Crippen LogP contribution in [0, 0.1) is 0 Å². The molecule has 0 aromatic heterocycles. The van der Waals surface area contributed by atoms with E-state index in [2.05, 4.69) is 0 Å². The molecular formula is C11H14Cl3NO2S. The van der Waals surface area contributed by atoms with E-state index >= 15 is 0 Å². The fraction of sp³-hybridized carbons (Fsp3) is 0.455. The van der Waals surface area contributed by atoms with Gasteiger partial charge in [0.2, 0.25) is 10.0 Å². The molecule has 0 aliphatic rings. The van der Waals surface area contributed by atoms with Gasteiger partial charge in [0.05, 0.1) is 11.4 Å². The summed E-state index contributed by atoms with van der Waals surface area (Å²) < 4.78 is 25.4. The molecule has 0 N–H and O–H groups in total. The first-order chi connectivity index (χ1) is 8.23. The zero-order valence-electron chi connectivity index (χ0n) is 9.98. The second-order valence-electron chi connectivity index (χ2n) is 3.83. The summed E-state index contributed by atoms with van der Waals surface area (Å²) in [7, 11) is -3.58. The first-order valence-corrected chi connectivity index (χ1v) is 8.14.